The molecule has 0 saturated heterocycles. The molecule has 0 aromatic heterocycles. The Morgan fingerprint density at radius 1 is 1.18 bits per heavy atom. The largest absolute Gasteiger partial charge is 0.316 e. The lowest BCUT2D eigenvalue weighted by Gasteiger charge is -2.48. The zero-order valence-corrected chi connectivity index (χ0v) is 11.2. The van der Waals surface area contributed by atoms with Crippen LogP contribution < -0.4 is 5.32 Å². The third kappa shape index (κ3) is 2.71. The Balaban J connectivity index is 2.04. The molecule has 0 atom stereocenters. The molecule has 0 aliphatic heterocycles. The van der Waals surface area contributed by atoms with Gasteiger partial charge in [0.05, 0.1) is 0 Å². The second-order valence-corrected chi connectivity index (χ2v) is 5.51. The first-order chi connectivity index (χ1) is 8.30. The summed E-state index contributed by atoms with van der Waals surface area (Å²) in [6.45, 7) is 6.85. The summed E-state index contributed by atoms with van der Waals surface area (Å²) in [7, 11) is 0. The zero-order valence-electron chi connectivity index (χ0n) is 11.2. The fourth-order valence-electron chi connectivity index (χ4n) is 3.11. The van der Waals surface area contributed by atoms with Crippen LogP contribution in [0.25, 0.3) is 0 Å². The SMILES string of the molecule is CCCNCC1(c2ccccc2)CC(CC)C1. The first-order valence-electron chi connectivity index (χ1n) is 7.07. The van der Waals surface area contributed by atoms with Gasteiger partial charge in [-0.1, -0.05) is 50.6 Å². The molecule has 1 aliphatic carbocycles. The van der Waals surface area contributed by atoms with E-state index in [2.05, 4.69) is 49.5 Å². The highest BCUT2D eigenvalue weighted by Gasteiger charge is 2.43. The third-order valence-electron chi connectivity index (χ3n) is 4.21. The van der Waals surface area contributed by atoms with Crippen LogP contribution in [0.5, 0.6) is 0 Å². The molecule has 17 heavy (non-hydrogen) atoms. The van der Waals surface area contributed by atoms with Gasteiger partial charge in [-0.05, 0) is 37.3 Å². The van der Waals surface area contributed by atoms with Crippen molar-refractivity contribution >= 4 is 0 Å². The highest BCUT2D eigenvalue weighted by molar-refractivity contribution is 5.29. The Kier molecular flexibility index (Phi) is 4.22. The van der Waals surface area contributed by atoms with Crippen LogP contribution >= 0.6 is 0 Å². The van der Waals surface area contributed by atoms with E-state index in [0.29, 0.717) is 5.41 Å². The van der Waals surface area contributed by atoms with Gasteiger partial charge in [0.2, 0.25) is 0 Å². The van der Waals surface area contributed by atoms with Crippen LogP contribution in [-0.4, -0.2) is 13.1 Å². The maximum atomic E-state index is 3.62. The van der Waals surface area contributed by atoms with Crippen LogP contribution in [0.15, 0.2) is 30.3 Å². The van der Waals surface area contributed by atoms with Gasteiger partial charge in [0.15, 0.2) is 0 Å². The van der Waals surface area contributed by atoms with E-state index in [1.807, 2.05) is 0 Å². The third-order valence-corrected chi connectivity index (χ3v) is 4.21. The summed E-state index contributed by atoms with van der Waals surface area (Å²) in [5.74, 6) is 0.943. The van der Waals surface area contributed by atoms with Gasteiger partial charge >= 0.3 is 0 Å². The van der Waals surface area contributed by atoms with Crippen molar-refractivity contribution in [1.29, 1.82) is 0 Å². The van der Waals surface area contributed by atoms with Crippen molar-refractivity contribution in [2.45, 2.75) is 44.9 Å². The van der Waals surface area contributed by atoms with E-state index in [1.54, 1.807) is 0 Å². The number of rotatable bonds is 6. The standard InChI is InChI=1S/C16H25N/c1-3-10-17-13-16(11-14(4-2)12-16)15-8-6-5-7-9-15/h5-9,14,17H,3-4,10-13H2,1-2H3. The summed E-state index contributed by atoms with van der Waals surface area (Å²) in [6, 6.07) is 11.1. The van der Waals surface area contributed by atoms with Crippen LogP contribution in [0.3, 0.4) is 0 Å². The number of benzene rings is 1. The molecular weight excluding hydrogens is 206 g/mol. The van der Waals surface area contributed by atoms with Crippen LogP contribution in [0, 0.1) is 5.92 Å². The van der Waals surface area contributed by atoms with Gasteiger partial charge < -0.3 is 5.32 Å². The van der Waals surface area contributed by atoms with E-state index in [4.69, 9.17) is 0 Å². The van der Waals surface area contributed by atoms with Gasteiger partial charge in [-0.15, -0.1) is 0 Å². The van der Waals surface area contributed by atoms with Crippen molar-refractivity contribution in [2.75, 3.05) is 13.1 Å². The van der Waals surface area contributed by atoms with Crippen LogP contribution in [0.2, 0.25) is 0 Å². The molecule has 1 N–H and O–H groups in total. The first-order valence-corrected chi connectivity index (χ1v) is 7.07. The summed E-state index contributed by atoms with van der Waals surface area (Å²) in [5, 5.41) is 3.62. The Morgan fingerprint density at radius 3 is 2.47 bits per heavy atom. The minimum Gasteiger partial charge on any atom is -0.316 e. The monoisotopic (exact) mass is 231 g/mol. The lowest BCUT2D eigenvalue weighted by molar-refractivity contribution is 0.134. The minimum absolute atomic E-state index is 0.428. The van der Waals surface area contributed by atoms with E-state index >= 15 is 0 Å². The molecule has 0 heterocycles. The van der Waals surface area contributed by atoms with Crippen molar-refractivity contribution in [3.63, 3.8) is 0 Å². The molecule has 0 unspecified atom stereocenters. The highest BCUT2D eigenvalue weighted by atomic mass is 14.9. The zero-order chi connectivity index (χ0) is 12.1. The van der Waals surface area contributed by atoms with Crippen molar-refractivity contribution in [3.8, 4) is 0 Å². The number of nitrogens with one attached hydrogen (secondary N) is 1. The Labute approximate surface area is 106 Å². The summed E-state index contributed by atoms with van der Waals surface area (Å²) in [5.41, 5.74) is 1.96. The average Bonchev–Trinajstić information content (AvgIpc) is 2.33. The highest BCUT2D eigenvalue weighted by Crippen LogP contribution is 2.48. The molecular formula is C16H25N. The molecule has 1 aromatic carbocycles. The maximum absolute atomic E-state index is 3.62. The molecule has 0 amide bonds. The predicted octanol–water partition coefficient (Wildman–Crippen LogP) is 3.74. The topological polar surface area (TPSA) is 12.0 Å². The van der Waals surface area contributed by atoms with Crippen molar-refractivity contribution < 1.29 is 0 Å². The van der Waals surface area contributed by atoms with Gasteiger partial charge in [-0.2, -0.15) is 0 Å². The van der Waals surface area contributed by atoms with Crippen molar-refractivity contribution in [2.24, 2.45) is 5.92 Å². The average molecular weight is 231 g/mol. The summed E-state index contributed by atoms with van der Waals surface area (Å²) < 4.78 is 0. The summed E-state index contributed by atoms with van der Waals surface area (Å²) in [6.07, 6.45) is 5.29. The molecule has 1 heteroatoms. The first kappa shape index (κ1) is 12.6. The molecule has 1 fully saturated rings. The van der Waals surface area contributed by atoms with Gasteiger partial charge in [-0.3, -0.25) is 0 Å². The number of hydrogen-bond acceptors (Lipinski definition) is 1. The van der Waals surface area contributed by atoms with Gasteiger partial charge in [0.1, 0.15) is 0 Å². The van der Waals surface area contributed by atoms with Crippen molar-refractivity contribution in [3.05, 3.63) is 35.9 Å². The predicted molar refractivity (Wildman–Crippen MR) is 74.3 cm³/mol. The second-order valence-electron chi connectivity index (χ2n) is 5.51. The number of hydrogen-bond donors (Lipinski definition) is 1. The quantitative estimate of drug-likeness (QED) is 0.735. The second kappa shape index (κ2) is 5.68. The normalized spacial score (nSPS) is 27.8. The molecule has 1 aromatic rings. The van der Waals surface area contributed by atoms with E-state index in [-0.39, 0.29) is 0 Å². The van der Waals surface area contributed by atoms with Crippen LogP contribution in [-0.2, 0) is 5.41 Å². The minimum atomic E-state index is 0.428. The van der Waals surface area contributed by atoms with Gasteiger partial charge in [-0.25, -0.2) is 0 Å². The molecule has 1 saturated carbocycles. The smallest absolute Gasteiger partial charge is 0.00830 e. The Morgan fingerprint density at radius 2 is 1.88 bits per heavy atom. The molecule has 0 spiro atoms. The fourth-order valence-corrected chi connectivity index (χ4v) is 3.11. The molecule has 1 nitrogen and oxygen atoms in total. The van der Waals surface area contributed by atoms with E-state index in [0.717, 1.165) is 19.0 Å². The van der Waals surface area contributed by atoms with E-state index < -0.39 is 0 Å². The molecule has 0 bridgehead atoms. The molecule has 1 aliphatic rings. The molecule has 0 radical (unpaired) electrons. The lowest BCUT2D eigenvalue weighted by Crippen LogP contribution is -2.48. The molecule has 2 rings (SSSR count). The lowest BCUT2D eigenvalue weighted by atomic mass is 9.58. The fraction of sp³-hybridized carbons (Fsp3) is 0.625. The van der Waals surface area contributed by atoms with E-state index in [1.165, 1.54) is 31.2 Å². The molecule has 94 valence electrons. The van der Waals surface area contributed by atoms with Crippen LogP contribution in [0.4, 0.5) is 0 Å². The van der Waals surface area contributed by atoms with Gasteiger partial charge in [0.25, 0.3) is 0 Å². The van der Waals surface area contributed by atoms with Crippen molar-refractivity contribution in [1.82, 2.24) is 5.32 Å². The Hall–Kier alpha value is -0.820. The van der Waals surface area contributed by atoms with E-state index in [9.17, 15) is 0 Å². The summed E-state index contributed by atoms with van der Waals surface area (Å²) >= 11 is 0. The maximum Gasteiger partial charge on any atom is 0.00830 e. The van der Waals surface area contributed by atoms with Crippen LogP contribution in [0.1, 0.15) is 45.1 Å². The summed E-state index contributed by atoms with van der Waals surface area (Å²) in [4.78, 5) is 0. The Bertz CT molecular complexity index is 325. The van der Waals surface area contributed by atoms with Gasteiger partial charge in [0, 0.05) is 12.0 Å².